The lowest BCUT2D eigenvalue weighted by atomic mass is 10.3. The van der Waals surface area contributed by atoms with E-state index in [1.54, 1.807) is 18.3 Å². The highest BCUT2D eigenvalue weighted by atomic mass is 16.3. The summed E-state index contributed by atoms with van der Waals surface area (Å²) in [6.07, 6.45) is 1.76. The van der Waals surface area contributed by atoms with Crippen LogP contribution in [0.1, 0.15) is 5.69 Å². The van der Waals surface area contributed by atoms with Crippen molar-refractivity contribution in [1.82, 2.24) is 4.98 Å². The van der Waals surface area contributed by atoms with Gasteiger partial charge in [-0.15, -0.1) is 4.91 Å². The predicted molar refractivity (Wildman–Crippen MR) is 63.5 cm³/mol. The minimum atomic E-state index is 0.434. The Hall–Kier alpha value is -2.23. The van der Waals surface area contributed by atoms with Crippen molar-refractivity contribution < 1.29 is 0 Å². The fourth-order valence-electron chi connectivity index (χ4n) is 1.34. The molecule has 0 saturated carbocycles. The van der Waals surface area contributed by atoms with Gasteiger partial charge in [-0.1, -0.05) is 6.07 Å². The summed E-state index contributed by atoms with van der Waals surface area (Å²) in [6.45, 7) is 0.661. The SMILES string of the molecule is O=Nc1ccc(NCc2ccccn2)cc1. The molecule has 0 aliphatic carbocycles. The normalized spacial score (nSPS) is 9.75. The number of nitrogens with zero attached hydrogens (tertiary/aromatic N) is 2. The predicted octanol–water partition coefficient (Wildman–Crippen LogP) is 3.09. The Morgan fingerprint density at radius 2 is 1.94 bits per heavy atom. The van der Waals surface area contributed by atoms with Crippen molar-refractivity contribution in [3.05, 3.63) is 59.3 Å². The van der Waals surface area contributed by atoms with Gasteiger partial charge >= 0.3 is 0 Å². The lowest BCUT2D eigenvalue weighted by Crippen LogP contribution is -2.00. The molecule has 2 rings (SSSR count). The maximum atomic E-state index is 10.2. The van der Waals surface area contributed by atoms with E-state index in [2.05, 4.69) is 15.5 Å². The van der Waals surface area contributed by atoms with E-state index in [0.29, 0.717) is 12.2 Å². The Morgan fingerprint density at radius 3 is 2.56 bits per heavy atom. The molecule has 0 bridgehead atoms. The van der Waals surface area contributed by atoms with Crippen molar-refractivity contribution in [2.75, 3.05) is 5.32 Å². The number of rotatable bonds is 4. The van der Waals surface area contributed by atoms with Crippen molar-refractivity contribution in [2.24, 2.45) is 5.18 Å². The van der Waals surface area contributed by atoms with Crippen LogP contribution in [0.4, 0.5) is 11.4 Å². The Balaban J connectivity index is 1.97. The number of benzene rings is 1. The van der Waals surface area contributed by atoms with E-state index in [1.165, 1.54) is 0 Å². The summed E-state index contributed by atoms with van der Waals surface area (Å²) in [4.78, 5) is 14.4. The van der Waals surface area contributed by atoms with Gasteiger partial charge in [-0.2, -0.15) is 0 Å². The average Bonchev–Trinajstić information content (AvgIpc) is 2.38. The van der Waals surface area contributed by atoms with E-state index in [4.69, 9.17) is 0 Å². The van der Waals surface area contributed by atoms with E-state index in [1.807, 2.05) is 30.3 Å². The molecule has 1 heterocycles. The van der Waals surface area contributed by atoms with E-state index < -0.39 is 0 Å². The van der Waals surface area contributed by atoms with Gasteiger partial charge in [0.05, 0.1) is 12.2 Å². The van der Waals surface area contributed by atoms with Crippen LogP contribution in [0.15, 0.2) is 53.8 Å². The van der Waals surface area contributed by atoms with Crippen LogP contribution in [0.2, 0.25) is 0 Å². The second-order valence-corrected chi connectivity index (χ2v) is 3.31. The van der Waals surface area contributed by atoms with Crippen molar-refractivity contribution in [3.63, 3.8) is 0 Å². The summed E-state index contributed by atoms with van der Waals surface area (Å²) in [5, 5.41) is 6.05. The molecule has 80 valence electrons. The molecule has 0 aliphatic rings. The standard InChI is InChI=1S/C12H11N3O/c16-15-11-6-4-10(5-7-11)14-9-12-3-1-2-8-13-12/h1-8,14H,9H2. The number of aromatic nitrogens is 1. The van der Waals surface area contributed by atoms with Gasteiger partial charge < -0.3 is 5.32 Å². The largest absolute Gasteiger partial charge is 0.379 e. The molecule has 1 aromatic carbocycles. The van der Waals surface area contributed by atoms with Crippen LogP contribution in [-0.2, 0) is 6.54 Å². The summed E-state index contributed by atoms with van der Waals surface area (Å²) < 4.78 is 0. The number of nitrogens with one attached hydrogen (secondary N) is 1. The van der Waals surface area contributed by atoms with Gasteiger partial charge in [0.15, 0.2) is 0 Å². The third-order valence-electron chi connectivity index (χ3n) is 2.17. The zero-order valence-corrected chi connectivity index (χ0v) is 8.63. The molecule has 0 spiro atoms. The highest BCUT2D eigenvalue weighted by molar-refractivity contribution is 5.50. The summed E-state index contributed by atoms with van der Waals surface area (Å²) in [6, 6.07) is 12.8. The maximum Gasteiger partial charge on any atom is 0.108 e. The molecule has 2 aromatic rings. The van der Waals surface area contributed by atoms with Crippen LogP contribution in [0.3, 0.4) is 0 Å². The Kier molecular flexibility index (Phi) is 3.23. The lowest BCUT2D eigenvalue weighted by Gasteiger charge is -2.05. The molecule has 0 aliphatic heterocycles. The van der Waals surface area contributed by atoms with Gasteiger partial charge in [-0.25, -0.2) is 0 Å². The number of hydrogen-bond donors (Lipinski definition) is 1. The first kappa shape index (κ1) is 10.3. The van der Waals surface area contributed by atoms with Crippen molar-refractivity contribution in [2.45, 2.75) is 6.54 Å². The molecule has 1 N–H and O–H groups in total. The molecular weight excluding hydrogens is 202 g/mol. The Morgan fingerprint density at radius 1 is 1.12 bits per heavy atom. The molecule has 0 saturated heterocycles. The molecule has 0 atom stereocenters. The molecule has 4 nitrogen and oxygen atoms in total. The van der Waals surface area contributed by atoms with Crippen LogP contribution in [0, 0.1) is 4.91 Å². The number of pyridine rings is 1. The van der Waals surface area contributed by atoms with Gasteiger partial charge in [0, 0.05) is 11.9 Å². The second-order valence-electron chi connectivity index (χ2n) is 3.31. The van der Waals surface area contributed by atoms with Crippen molar-refractivity contribution in [1.29, 1.82) is 0 Å². The van der Waals surface area contributed by atoms with Crippen LogP contribution in [-0.4, -0.2) is 4.98 Å². The lowest BCUT2D eigenvalue weighted by molar-refractivity contribution is 1.05. The zero-order chi connectivity index (χ0) is 11.2. The Bertz CT molecular complexity index is 453. The van der Waals surface area contributed by atoms with Crippen LogP contribution < -0.4 is 5.32 Å². The molecule has 1 aromatic heterocycles. The molecule has 0 amide bonds. The maximum absolute atomic E-state index is 10.2. The van der Waals surface area contributed by atoms with Crippen molar-refractivity contribution >= 4 is 11.4 Å². The van der Waals surface area contributed by atoms with Crippen molar-refractivity contribution in [3.8, 4) is 0 Å². The second kappa shape index (κ2) is 5.02. The summed E-state index contributed by atoms with van der Waals surface area (Å²) in [5.41, 5.74) is 2.35. The van der Waals surface area contributed by atoms with Gasteiger partial charge in [0.2, 0.25) is 0 Å². The van der Waals surface area contributed by atoms with E-state index in [-0.39, 0.29) is 0 Å². The minimum absolute atomic E-state index is 0.434. The van der Waals surface area contributed by atoms with Gasteiger partial charge in [-0.3, -0.25) is 4.98 Å². The zero-order valence-electron chi connectivity index (χ0n) is 8.63. The van der Waals surface area contributed by atoms with Crippen LogP contribution >= 0.6 is 0 Å². The Labute approximate surface area is 93.3 Å². The van der Waals surface area contributed by atoms with Crippen LogP contribution in [0.25, 0.3) is 0 Å². The first-order valence-corrected chi connectivity index (χ1v) is 4.96. The number of anilines is 1. The topological polar surface area (TPSA) is 54.4 Å². The average molecular weight is 213 g/mol. The smallest absolute Gasteiger partial charge is 0.108 e. The molecule has 0 unspecified atom stereocenters. The monoisotopic (exact) mass is 213 g/mol. The number of nitroso groups, excluding NO2 is 1. The quantitative estimate of drug-likeness (QED) is 0.794. The van der Waals surface area contributed by atoms with E-state index >= 15 is 0 Å². The highest BCUT2D eigenvalue weighted by Gasteiger charge is 1.95. The minimum Gasteiger partial charge on any atom is -0.379 e. The summed E-state index contributed by atoms with van der Waals surface area (Å²) in [7, 11) is 0. The summed E-state index contributed by atoms with van der Waals surface area (Å²) in [5.74, 6) is 0. The first-order chi connectivity index (χ1) is 7.88. The fraction of sp³-hybridized carbons (Fsp3) is 0.0833. The van der Waals surface area contributed by atoms with Gasteiger partial charge in [0.25, 0.3) is 0 Å². The third kappa shape index (κ3) is 2.63. The molecule has 0 radical (unpaired) electrons. The highest BCUT2D eigenvalue weighted by Crippen LogP contribution is 2.16. The summed E-state index contributed by atoms with van der Waals surface area (Å²) >= 11 is 0. The van der Waals surface area contributed by atoms with Gasteiger partial charge in [0.1, 0.15) is 5.69 Å². The molecule has 16 heavy (non-hydrogen) atoms. The fourth-order valence-corrected chi connectivity index (χ4v) is 1.34. The molecular formula is C12H11N3O. The molecule has 0 fully saturated rings. The first-order valence-electron chi connectivity index (χ1n) is 4.96. The third-order valence-corrected chi connectivity index (χ3v) is 2.17. The molecule has 4 heteroatoms. The van der Waals surface area contributed by atoms with E-state index in [9.17, 15) is 4.91 Å². The van der Waals surface area contributed by atoms with E-state index in [0.717, 1.165) is 11.4 Å². The van der Waals surface area contributed by atoms with Crippen LogP contribution in [0.5, 0.6) is 0 Å². The number of hydrogen-bond acceptors (Lipinski definition) is 4. The van der Waals surface area contributed by atoms with Gasteiger partial charge in [-0.05, 0) is 41.6 Å².